The molecule has 3 rings (SSSR count). The number of hydrogen-bond acceptors (Lipinski definition) is 4. The van der Waals surface area contributed by atoms with Crippen LogP contribution in [0.5, 0.6) is 5.75 Å². The van der Waals surface area contributed by atoms with Crippen LogP contribution in [-0.2, 0) is 11.3 Å². The summed E-state index contributed by atoms with van der Waals surface area (Å²) in [7, 11) is 1.61. The van der Waals surface area contributed by atoms with E-state index in [4.69, 9.17) is 4.74 Å². The number of halogens is 2. The van der Waals surface area contributed by atoms with Gasteiger partial charge in [0.2, 0.25) is 5.91 Å². The number of hydrogen-bond donors (Lipinski definition) is 1. The fraction of sp³-hybridized carbons (Fsp3) is 0.333. The zero-order valence-electron chi connectivity index (χ0n) is 15.7. The number of carbonyl (C=O) groups is 1. The van der Waals surface area contributed by atoms with Gasteiger partial charge in [0.05, 0.1) is 13.3 Å². The number of amides is 1. The fourth-order valence-corrected chi connectivity index (χ4v) is 3.91. The lowest BCUT2D eigenvalue weighted by molar-refractivity contribution is -0.126. The summed E-state index contributed by atoms with van der Waals surface area (Å²) in [4.78, 5) is 14.8. The summed E-state index contributed by atoms with van der Waals surface area (Å²) in [5.74, 6) is 0.693. The van der Waals surface area contributed by atoms with Gasteiger partial charge in [0.15, 0.2) is 0 Å². The Bertz CT molecular complexity index is 832. The molecule has 1 amide bonds. The molecular formula is C21H23Br2N3O2. The standard InChI is InChI=1S/C21H23Br2N3O2/c1-28-20-7-6-19(23)12-17(20)13-24-25-21(27)16-8-10-26(11-9-16)14-15-2-4-18(22)5-3-15/h2-7,12-13,16H,8-11,14H2,1H3,(H,25,27). The molecule has 0 radical (unpaired) electrons. The molecule has 0 unspecified atom stereocenters. The highest BCUT2D eigenvalue weighted by Crippen LogP contribution is 2.22. The second kappa shape index (κ2) is 10.2. The Balaban J connectivity index is 1.47. The first-order chi connectivity index (χ1) is 13.5. The number of likely N-dealkylation sites (tertiary alicyclic amines) is 1. The third-order valence-electron chi connectivity index (χ3n) is 4.85. The summed E-state index contributed by atoms with van der Waals surface area (Å²) in [5, 5.41) is 4.12. The van der Waals surface area contributed by atoms with Crippen molar-refractivity contribution in [2.45, 2.75) is 19.4 Å². The first-order valence-corrected chi connectivity index (χ1v) is 10.8. The zero-order chi connectivity index (χ0) is 19.9. The van der Waals surface area contributed by atoms with Gasteiger partial charge in [0.25, 0.3) is 0 Å². The van der Waals surface area contributed by atoms with E-state index >= 15 is 0 Å². The van der Waals surface area contributed by atoms with Crippen molar-refractivity contribution in [2.75, 3.05) is 20.2 Å². The number of nitrogens with zero attached hydrogens (tertiary/aromatic N) is 2. The van der Waals surface area contributed by atoms with Crippen molar-refractivity contribution in [1.82, 2.24) is 10.3 Å². The second-order valence-electron chi connectivity index (χ2n) is 6.80. The summed E-state index contributed by atoms with van der Waals surface area (Å²) in [6.45, 7) is 2.75. The van der Waals surface area contributed by atoms with E-state index < -0.39 is 0 Å². The molecule has 0 saturated carbocycles. The van der Waals surface area contributed by atoms with Crippen molar-refractivity contribution in [1.29, 1.82) is 0 Å². The molecule has 5 nitrogen and oxygen atoms in total. The van der Waals surface area contributed by atoms with Crippen LogP contribution in [0.4, 0.5) is 0 Å². The van der Waals surface area contributed by atoms with Crippen LogP contribution in [0.1, 0.15) is 24.0 Å². The summed E-state index contributed by atoms with van der Waals surface area (Å²) < 4.78 is 7.33. The lowest BCUT2D eigenvalue weighted by Crippen LogP contribution is -2.39. The Kier molecular flexibility index (Phi) is 7.65. The summed E-state index contributed by atoms with van der Waals surface area (Å²) in [6.07, 6.45) is 3.31. The van der Waals surface area contributed by atoms with E-state index in [-0.39, 0.29) is 11.8 Å². The molecule has 1 heterocycles. The molecule has 28 heavy (non-hydrogen) atoms. The van der Waals surface area contributed by atoms with Gasteiger partial charge in [-0.3, -0.25) is 9.69 Å². The van der Waals surface area contributed by atoms with Crippen molar-refractivity contribution < 1.29 is 9.53 Å². The topological polar surface area (TPSA) is 53.9 Å². The number of rotatable bonds is 6. The molecule has 1 saturated heterocycles. The Morgan fingerprint density at radius 2 is 1.86 bits per heavy atom. The van der Waals surface area contributed by atoms with Gasteiger partial charge in [-0.15, -0.1) is 0 Å². The number of methoxy groups -OCH3 is 1. The summed E-state index contributed by atoms with van der Waals surface area (Å²) >= 11 is 6.89. The fourth-order valence-electron chi connectivity index (χ4n) is 3.26. The van der Waals surface area contributed by atoms with Crippen LogP contribution < -0.4 is 10.2 Å². The van der Waals surface area contributed by atoms with Crippen molar-refractivity contribution in [3.05, 3.63) is 62.5 Å². The Morgan fingerprint density at radius 3 is 2.54 bits per heavy atom. The van der Waals surface area contributed by atoms with E-state index in [1.165, 1.54) is 5.56 Å². The number of carbonyl (C=O) groups excluding carboxylic acids is 1. The minimum atomic E-state index is -0.0199. The van der Waals surface area contributed by atoms with E-state index in [1.54, 1.807) is 13.3 Å². The predicted molar refractivity (Wildman–Crippen MR) is 119 cm³/mol. The molecule has 148 valence electrons. The second-order valence-corrected chi connectivity index (χ2v) is 8.63. The third kappa shape index (κ3) is 5.90. The van der Waals surface area contributed by atoms with E-state index in [2.05, 4.69) is 71.6 Å². The molecule has 0 spiro atoms. The summed E-state index contributed by atoms with van der Waals surface area (Å²) in [5.41, 5.74) is 4.78. The maximum Gasteiger partial charge on any atom is 0.243 e. The van der Waals surface area contributed by atoms with E-state index in [9.17, 15) is 4.79 Å². The number of nitrogens with one attached hydrogen (secondary N) is 1. The highest BCUT2D eigenvalue weighted by molar-refractivity contribution is 9.10. The Morgan fingerprint density at radius 1 is 1.18 bits per heavy atom. The normalized spacial score (nSPS) is 15.7. The Hall–Kier alpha value is -1.70. The van der Waals surface area contributed by atoms with Gasteiger partial charge < -0.3 is 4.74 Å². The molecule has 0 aliphatic carbocycles. The quantitative estimate of drug-likeness (QED) is 0.459. The Labute approximate surface area is 182 Å². The van der Waals surface area contributed by atoms with Crippen molar-refractivity contribution in [2.24, 2.45) is 11.0 Å². The zero-order valence-corrected chi connectivity index (χ0v) is 18.9. The molecule has 2 aromatic carbocycles. The van der Waals surface area contributed by atoms with Gasteiger partial charge in [-0.2, -0.15) is 5.10 Å². The molecular weight excluding hydrogens is 486 g/mol. The molecule has 1 N–H and O–H groups in total. The van der Waals surface area contributed by atoms with Crippen LogP contribution in [0.15, 0.2) is 56.5 Å². The predicted octanol–water partition coefficient (Wildman–Crippen LogP) is 4.58. The van der Waals surface area contributed by atoms with Crippen molar-refractivity contribution in [3.63, 3.8) is 0 Å². The van der Waals surface area contributed by atoms with Gasteiger partial charge in [-0.25, -0.2) is 5.43 Å². The third-order valence-corrected chi connectivity index (χ3v) is 5.87. The molecule has 0 aromatic heterocycles. The minimum absolute atomic E-state index is 0.00252. The van der Waals surface area contributed by atoms with Gasteiger partial charge in [-0.05, 0) is 61.8 Å². The van der Waals surface area contributed by atoms with Gasteiger partial charge in [0, 0.05) is 27.0 Å². The number of hydrazone groups is 1. The molecule has 2 aromatic rings. The van der Waals surface area contributed by atoms with Crippen molar-refractivity contribution in [3.8, 4) is 5.75 Å². The molecule has 1 fully saturated rings. The highest BCUT2D eigenvalue weighted by Gasteiger charge is 2.24. The maximum absolute atomic E-state index is 12.4. The number of piperidine rings is 1. The molecule has 7 heteroatoms. The average Bonchev–Trinajstić information content (AvgIpc) is 2.70. The first-order valence-electron chi connectivity index (χ1n) is 9.18. The monoisotopic (exact) mass is 507 g/mol. The molecule has 1 aliphatic rings. The van der Waals surface area contributed by atoms with Crippen LogP contribution in [0.2, 0.25) is 0 Å². The molecule has 0 bridgehead atoms. The SMILES string of the molecule is COc1ccc(Br)cc1C=NNC(=O)C1CCN(Cc2ccc(Br)cc2)CC1. The first kappa shape index (κ1) is 21.0. The van der Waals surface area contributed by atoms with Gasteiger partial charge in [0.1, 0.15) is 5.75 Å². The lowest BCUT2D eigenvalue weighted by atomic mass is 9.96. The minimum Gasteiger partial charge on any atom is -0.496 e. The largest absolute Gasteiger partial charge is 0.496 e. The van der Waals surface area contributed by atoms with Gasteiger partial charge >= 0.3 is 0 Å². The van der Waals surface area contributed by atoms with Crippen LogP contribution in [-0.4, -0.2) is 37.2 Å². The summed E-state index contributed by atoms with van der Waals surface area (Å²) in [6, 6.07) is 14.0. The van der Waals surface area contributed by atoms with Crippen LogP contribution >= 0.6 is 31.9 Å². The highest BCUT2D eigenvalue weighted by atomic mass is 79.9. The number of ether oxygens (including phenoxy) is 1. The van der Waals surface area contributed by atoms with Gasteiger partial charge in [-0.1, -0.05) is 44.0 Å². The molecule has 0 atom stereocenters. The number of benzene rings is 2. The lowest BCUT2D eigenvalue weighted by Gasteiger charge is -2.30. The van der Waals surface area contributed by atoms with E-state index in [0.29, 0.717) is 5.75 Å². The van der Waals surface area contributed by atoms with E-state index in [0.717, 1.165) is 47.0 Å². The average molecular weight is 509 g/mol. The van der Waals surface area contributed by atoms with Crippen LogP contribution in [0, 0.1) is 5.92 Å². The van der Waals surface area contributed by atoms with E-state index in [1.807, 2.05) is 18.2 Å². The van der Waals surface area contributed by atoms with Crippen LogP contribution in [0.25, 0.3) is 0 Å². The molecule has 1 aliphatic heterocycles. The van der Waals surface area contributed by atoms with Crippen LogP contribution in [0.3, 0.4) is 0 Å². The van der Waals surface area contributed by atoms with Crippen molar-refractivity contribution >= 4 is 44.0 Å². The smallest absolute Gasteiger partial charge is 0.243 e. The maximum atomic E-state index is 12.4.